The first kappa shape index (κ1) is 16.0. The van der Waals surface area contributed by atoms with Crippen LogP contribution in [0, 0.1) is 6.92 Å². The molecule has 2 heterocycles. The maximum atomic E-state index is 4.83. The number of rotatable bonds is 2. The molecule has 0 bridgehead atoms. The fourth-order valence-electron chi connectivity index (χ4n) is 4.49. The first-order valence-electron chi connectivity index (χ1n) is 9.50. The van der Waals surface area contributed by atoms with Crippen LogP contribution in [0.15, 0.2) is 48.8 Å². The Hall–Kier alpha value is -2.26. The van der Waals surface area contributed by atoms with E-state index in [0.717, 1.165) is 11.4 Å². The smallest absolute Gasteiger partial charge is 0.231 e. The molecule has 130 valence electrons. The van der Waals surface area contributed by atoms with Crippen molar-refractivity contribution in [3.8, 4) is 11.3 Å². The number of hydrogen-bond acceptors (Lipinski definition) is 2. The third-order valence-corrected chi connectivity index (χ3v) is 7.09. The van der Waals surface area contributed by atoms with Gasteiger partial charge < -0.3 is 0 Å². The monoisotopic (exact) mass is 359 g/mol. The zero-order valence-electron chi connectivity index (χ0n) is 15.3. The molecule has 1 saturated carbocycles. The summed E-state index contributed by atoms with van der Waals surface area (Å²) in [5.74, 6) is 0.724. The van der Waals surface area contributed by atoms with Gasteiger partial charge in [0.2, 0.25) is 5.52 Å². The number of nitrogens with zero attached hydrogens (tertiary/aromatic N) is 2. The molecule has 1 fully saturated rings. The lowest BCUT2D eigenvalue weighted by Gasteiger charge is -2.09. The van der Waals surface area contributed by atoms with Crippen molar-refractivity contribution < 1.29 is 4.57 Å². The second-order valence-corrected chi connectivity index (χ2v) is 8.52. The Bertz CT molecular complexity index is 1120. The van der Waals surface area contributed by atoms with Crippen LogP contribution in [0.25, 0.3) is 31.6 Å². The summed E-state index contributed by atoms with van der Waals surface area (Å²) in [6, 6.07) is 15.5. The zero-order chi connectivity index (χ0) is 17.7. The van der Waals surface area contributed by atoms with Crippen LogP contribution in [-0.4, -0.2) is 4.98 Å². The molecule has 26 heavy (non-hydrogen) atoms. The molecule has 0 N–H and O–H groups in total. The Morgan fingerprint density at radius 1 is 1.00 bits per heavy atom. The van der Waals surface area contributed by atoms with Crippen LogP contribution < -0.4 is 4.57 Å². The van der Waals surface area contributed by atoms with Crippen LogP contribution in [0.3, 0.4) is 0 Å². The van der Waals surface area contributed by atoms with E-state index in [1.165, 1.54) is 57.3 Å². The molecule has 0 aliphatic heterocycles. The molecule has 4 aromatic rings. The van der Waals surface area contributed by atoms with Crippen molar-refractivity contribution in [1.82, 2.24) is 4.98 Å². The van der Waals surface area contributed by atoms with E-state index < -0.39 is 0 Å². The summed E-state index contributed by atoms with van der Waals surface area (Å²) in [6.45, 7) is 2.19. The van der Waals surface area contributed by atoms with Crippen molar-refractivity contribution in [2.75, 3.05) is 0 Å². The van der Waals surface area contributed by atoms with Gasteiger partial charge in [-0.2, -0.15) is 0 Å². The van der Waals surface area contributed by atoms with Crippen molar-refractivity contribution in [2.45, 2.75) is 38.5 Å². The maximum Gasteiger partial charge on any atom is 0.287 e. The van der Waals surface area contributed by atoms with Gasteiger partial charge in [-0.3, -0.25) is 0 Å². The molecule has 0 amide bonds. The van der Waals surface area contributed by atoms with Gasteiger partial charge in [0.15, 0.2) is 5.69 Å². The van der Waals surface area contributed by atoms with Gasteiger partial charge in [0.1, 0.15) is 4.70 Å². The van der Waals surface area contributed by atoms with Crippen LogP contribution in [0.4, 0.5) is 0 Å². The number of benzene rings is 2. The van der Waals surface area contributed by atoms with Crippen molar-refractivity contribution in [2.24, 2.45) is 7.05 Å². The van der Waals surface area contributed by atoms with Gasteiger partial charge in [0.25, 0.3) is 6.33 Å². The molecule has 0 spiro atoms. The van der Waals surface area contributed by atoms with E-state index in [1.807, 2.05) is 17.7 Å². The molecule has 5 rings (SSSR count). The molecule has 2 aromatic carbocycles. The highest BCUT2D eigenvalue weighted by Crippen LogP contribution is 2.44. The van der Waals surface area contributed by atoms with E-state index in [-0.39, 0.29) is 0 Å². The minimum Gasteiger partial charge on any atom is -0.231 e. The van der Waals surface area contributed by atoms with Crippen LogP contribution >= 0.6 is 11.3 Å². The van der Waals surface area contributed by atoms with Gasteiger partial charge in [-0.15, -0.1) is 11.3 Å². The van der Waals surface area contributed by atoms with Crippen LogP contribution in [0.2, 0.25) is 0 Å². The Kier molecular flexibility index (Phi) is 3.79. The summed E-state index contributed by atoms with van der Waals surface area (Å²) >= 11 is 1.94. The molecule has 0 atom stereocenters. The quantitative estimate of drug-likeness (QED) is 0.407. The van der Waals surface area contributed by atoms with Crippen LogP contribution in [0.5, 0.6) is 0 Å². The molecule has 3 heteroatoms. The van der Waals surface area contributed by atoms with Crippen molar-refractivity contribution in [3.63, 3.8) is 0 Å². The average molecular weight is 360 g/mol. The van der Waals surface area contributed by atoms with Crippen molar-refractivity contribution in [3.05, 3.63) is 59.9 Å². The largest absolute Gasteiger partial charge is 0.287 e. The van der Waals surface area contributed by atoms with Crippen LogP contribution in [0.1, 0.15) is 42.7 Å². The van der Waals surface area contributed by atoms with E-state index in [4.69, 9.17) is 4.98 Å². The van der Waals surface area contributed by atoms with Crippen LogP contribution in [-0.2, 0) is 7.05 Å². The fraction of sp³-hybridized carbons (Fsp3) is 0.304. The SMILES string of the molecule is Cc1ccccc1-c1c2sc3c(C4CCCC4)cccc3c2nc[n+]1C. The summed E-state index contributed by atoms with van der Waals surface area (Å²) in [6.07, 6.45) is 7.37. The normalized spacial score (nSPS) is 15.3. The lowest BCUT2D eigenvalue weighted by Crippen LogP contribution is -2.31. The Morgan fingerprint density at radius 3 is 2.62 bits per heavy atom. The van der Waals surface area contributed by atoms with Crippen molar-refractivity contribution in [1.29, 1.82) is 0 Å². The Labute approximate surface area is 158 Å². The summed E-state index contributed by atoms with van der Waals surface area (Å²) in [5, 5.41) is 1.32. The Balaban J connectivity index is 1.84. The number of fused-ring (bicyclic) bond motifs is 3. The summed E-state index contributed by atoms with van der Waals surface area (Å²) < 4.78 is 4.93. The fourth-order valence-corrected chi connectivity index (χ4v) is 5.93. The first-order chi connectivity index (χ1) is 12.7. The highest BCUT2D eigenvalue weighted by atomic mass is 32.1. The number of aromatic nitrogens is 2. The lowest BCUT2D eigenvalue weighted by atomic mass is 9.96. The van der Waals surface area contributed by atoms with Gasteiger partial charge in [-0.05, 0) is 47.9 Å². The third kappa shape index (κ3) is 2.38. The number of thiophene rings is 1. The van der Waals surface area contributed by atoms with Gasteiger partial charge in [-0.25, -0.2) is 4.57 Å². The molecular weight excluding hydrogens is 336 g/mol. The topological polar surface area (TPSA) is 16.8 Å². The highest BCUT2D eigenvalue weighted by Gasteiger charge is 2.25. The van der Waals surface area contributed by atoms with E-state index in [9.17, 15) is 0 Å². The lowest BCUT2D eigenvalue weighted by molar-refractivity contribution is -0.662. The predicted octanol–water partition coefficient (Wildman–Crippen LogP) is 5.91. The van der Waals surface area contributed by atoms with Gasteiger partial charge in [0, 0.05) is 15.6 Å². The van der Waals surface area contributed by atoms with Gasteiger partial charge in [0.05, 0.1) is 7.05 Å². The summed E-state index contributed by atoms with van der Waals surface area (Å²) in [5.41, 5.74) is 6.59. The minimum absolute atomic E-state index is 0.724. The second kappa shape index (κ2) is 6.17. The molecule has 0 saturated heterocycles. The van der Waals surface area contributed by atoms with E-state index in [2.05, 4.69) is 61.0 Å². The highest BCUT2D eigenvalue weighted by molar-refractivity contribution is 7.26. The number of aryl methyl sites for hydroxylation is 2. The molecule has 2 nitrogen and oxygen atoms in total. The van der Waals surface area contributed by atoms with Gasteiger partial charge in [-0.1, -0.05) is 49.2 Å². The maximum absolute atomic E-state index is 4.83. The first-order valence-corrected chi connectivity index (χ1v) is 10.3. The summed E-state index contributed by atoms with van der Waals surface area (Å²) in [7, 11) is 2.11. The molecule has 0 unspecified atom stereocenters. The van der Waals surface area contributed by atoms with Gasteiger partial charge >= 0.3 is 0 Å². The standard InChI is InChI=1S/C23H23N2S/c1-15-8-3-6-11-17(15)21-23-20(24-14-25(21)2)19-13-7-12-18(22(19)26-23)16-9-4-5-10-16/h3,6-8,11-14,16H,4-5,9-10H2,1-2H3/q+1. The average Bonchev–Trinajstić information content (AvgIpc) is 3.30. The Morgan fingerprint density at radius 2 is 1.81 bits per heavy atom. The third-order valence-electron chi connectivity index (χ3n) is 5.84. The minimum atomic E-state index is 0.724. The molecule has 1 aliphatic carbocycles. The molecule has 2 aromatic heterocycles. The predicted molar refractivity (Wildman–Crippen MR) is 110 cm³/mol. The van der Waals surface area contributed by atoms with E-state index in [0.29, 0.717) is 0 Å². The molecule has 1 aliphatic rings. The second-order valence-electron chi connectivity index (χ2n) is 7.50. The summed E-state index contributed by atoms with van der Waals surface area (Å²) in [4.78, 5) is 4.83. The van der Waals surface area contributed by atoms with E-state index in [1.54, 1.807) is 5.56 Å². The van der Waals surface area contributed by atoms with E-state index >= 15 is 0 Å². The zero-order valence-corrected chi connectivity index (χ0v) is 16.1. The molecule has 0 radical (unpaired) electrons. The van der Waals surface area contributed by atoms with Crippen molar-refractivity contribution >= 4 is 31.6 Å². The molecular formula is C23H23N2S+. The number of hydrogen-bond donors (Lipinski definition) is 0.